The average molecular weight is 341 g/mol. The predicted molar refractivity (Wildman–Crippen MR) is 91.5 cm³/mol. The number of benzene rings is 1. The summed E-state index contributed by atoms with van der Waals surface area (Å²) in [5.74, 6) is 1.37. The Labute approximate surface area is 144 Å². The molecule has 0 radical (unpaired) electrons. The average Bonchev–Trinajstić information content (AvgIpc) is 3.31. The molecule has 1 atom stereocenters. The van der Waals surface area contributed by atoms with Gasteiger partial charge < -0.3 is 9.26 Å². The lowest BCUT2D eigenvalue weighted by Crippen LogP contribution is -2.12. The fourth-order valence-corrected chi connectivity index (χ4v) is 2.20. The molecular weight excluding hydrogens is 322 g/mol. The third kappa shape index (κ3) is 3.68. The second-order valence-corrected chi connectivity index (χ2v) is 5.62. The van der Waals surface area contributed by atoms with Crippen molar-refractivity contribution in [2.45, 2.75) is 26.2 Å². The number of carbonyl (C=O) groups is 1. The fraction of sp³-hybridized carbons (Fsp3) is 0.294. The van der Waals surface area contributed by atoms with Gasteiger partial charge in [0.1, 0.15) is 5.75 Å². The topological polar surface area (TPSA) is 106 Å². The lowest BCUT2D eigenvalue weighted by molar-refractivity contribution is 0.0987. The largest absolute Gasteiger partial charge is 0.497 e. The normalized spacial score (nSPS) is 12.0. The second kappa shape index (κ2) is 7.16. The molecule has 2 heterocycles. The Morgan fingerprint density at radius 3 is 2.80 bits per heavy atom. The maximum atomic E-state index is 12.2. The number of aromatic amines is 1. The molecule has 0 aliphatic rings. The molecule has 1 amide bonds. The Morgan fingerprint density at radius 1 is 1.36 bits per heavy atom. The van der Waals surface area contributed by atoms with Crippen LogP contribution in [0.15, 0.2) is 34.9 Å². The SMILES string of the molecule is CCC(C)c1cc(C(=O)Nc2n[nH]c(-c3ccc(OC)cc3)n2)on1. The van der Waals surface area contributed by atoms with Gasteiger partial charge in [0.2, 0.25) is 11.7 Å². The first-order chi connectivity index (χ1) is 12.1. The monoisotopic (exact) mass is 341 g/mol. The lowest BCUT2D eigenvalue weighted by Gasteiger charge is -2.00. The molecule has 2 aromatic heterocycles. The summed E-state index contributed by atoms with van der Waals surface area (Å²) < 4.78 is 10.2. The molecule has 0 aliphatic heterocycles. The van der Waals surface area contributed by atoms with E-state index in [1.807, 2.05) is 38.1 Å². The van der Waals surface area contributed by atoms with E-state index in [1.165, 1.54) is 0 Å². The van der Waals surface area contributed by atoms with E-state index in [2.05, 4.69) is 25.7 Å². The molecule has 25 heavy (non-hydrogen) atoms. The quantitative estimate of drug-likeness (QED) is 0.713. The van der Waals surface area contributed by atoms with Gasteiger partial charge in [0, 0.05) is 17.5 Å². The number of nitrogens with one attached hydrogen (secondary N) is 2. The smallest absolute Gasteiger partial charge is 0.296 e. The molecule has 3 rings (SSSR count). The highest BCUT2D eigenvalue weighted by Gasteiger charge is 2.17. The number of rotatable bonds is 6. The van der Waals surface area contributed by atoms with Crippen LogP contribution in [0, 0.1) is 0 Å². The van der Waals surface area contributed by atoms with Gasteiger partial charge in [0.05, 0.1) is 12.8 Å². The molecule has 0 bridgehead atoms. The minimum absolute atomic E-state index is 0.131. The maximum Gasteiger partial charge on any atom is 0.296 e. The van der Waals surface area contributed by atoms with Gasteiger partial charge in [0.25, 0.3) is 5.91 Å². The van der Waals surface area contributed by atoms with Crippen LogP contribution in [0.2, 0.25) is 0 Å². The van der Waals surface area contributed by atoms with Crippen LogP contribution in [0.3, 0.4) is 0 Å². The zero-order valence-corrected chi connectivity index (χ0v) is 14.2. The minimum atomic E-state index is -0.442. The van der Waals surface area contributed by atoms with Gasteiger partial charge in [-0.25, -0.2) is 0 Å². The van der Waals surface area contributed by atoms with Crippen LogP contribution in [0.1, 0.15) is 42.4 Å². The van der Waals surface area contributed by atoms with E-state index in [9.17, 15) is 4.79 Å². The van der Waals surface area contributed by atoms with Crippen molar-refractivity contribution in [3.8, 4) is 17.1 Å². The van der Waals surface area contributed by atoms with Crippen LogP contribution in [0.25, 0.3) is 11.4 Å². The Balaban J connectivity index is 1.70. The van der Waals surface area contributed by atoms with Crippen molar-refractivity contribution in [2.24, 2.45) is 0 Å². The maximum absolute atomic E-state index is 12.2. The van der Waals surface area contributed by atoms with Gasteiger partial charge in [-0.2, -0.15) is 4.98 Å². The third-order valence-electron chi connectivity index (χ3n) is 3.94. The van der Waals surface area contributed by atoms with Gasteiger partial charge >= 0.3 is 0 Å². The second-order valence-electron chi connectivity index (χ2n) is 5.62. The Hall–Kier alpha value is -3.16. The van der Waals surface area contributed by atoms with Gasteiger partial charge in [-0.15, -0.1) is 5.10 Å². The number of hydrogen-bond donors (Lipinski definition) is 2. The van der Waals surface area contributed by atoms with Crippen LogP contribution < -0.4 is 10.1 Å². The number of carbonyl (C=O) groups excluding carboxylic acids is 1. The summed E-state index contributed by atoms with van der Waals surface area (Å²) in [7, 11) is 1.60. The summed E-state index contributed by atoms with van der Waals surface area (Å²) in [5.41, 5.74) is 1.58. The highest BCUT2D eigenvalue weighted by Crippen LogP contribution is 2.21. The van der Waals surface area contributed by atoms with E-state index in [0.717, 1.165) is 23.4 Å². The molecule has 0 saturated carbocycles. The molecule has 130 valence electrons. The van der Waals surface area contributed by atoms with Gasteiger partial charge in [-0.3, -0.25) is 15.2 Å². The first kappa shape index (κ1) is 16.7. The van der Waals surface area contributed by atoms with Crippen LogP contribution in [0.4, 0.5) is 5.95 Å². The predicted octanol–water partition coefficient (Wildman–Crippen LogP) is 3.23. The molecule has 1 aromatic carbocycles. The van der Waals surface area contributed by atoms with E-state index in [1.54, 1.807) is 13.2 Å². The Kier molecular flexibility index (Phi) is 4.78. The minimum Gasteiger partial charge on any atom is -0.497 e. The van der Waals surface area contributed by atoms with Gasteiger partial charge in [0.15, 0.2) is 5.82 Å². The van der Waals surface area contributed by atoms with E-state index in [-0.39, 0.29) is 17.6 Å². The number of anilines is 1. The molecule has 2 N–H and O–H groups in total. The summed E-state index contributed by atoms with van der Waals surface area (Å²) in [6.07, 6.45) is 0.916. The summed E-state index contributed by atoms with van der Waals surface area (Å²) in [4.78, 5) is 16.5. The number of hydrogen-bond acceptors (Lipinski definition) is 6. The van der Waals surface area contributed by atoms with Crippen molar-refractivity contribution in [3.63, 3.8) is 0 Å². The van der Waals surface area contributed by atoms with E-state index >= 15 is 0 Å². The zero-order valence-electron chi connectivity index (χ0n) is 14.2. The lowest BCUT2D eigenvalue weighted by atomic mass is 10.1. The number of methoxy groups -OCH3 is 1. The van der Waals surface area contributed by atoms with E-state index < -0.39 is 5.91 Å². The summed E-state index contributed by atoms with van der Waals surface area (Å²) >= 11 is 0. The standard InChI is InChI=1S/C17H19N5O3/c1-4-10(2)13-9-14(25-22-13)16(23)19-17-18-15(20-21-17)11-5-7-12(24-3)8-6-11/h5-10H,4H2,1-3H3,(H2,18,19,20,21,23). The number of amides is 1. The van der Waals surface area contributed by atoms with Crippen molar-refractivity contribution >= 4 is 11.9 Å². The van der Waals surface area contributed by atoms with Crippen molar-refractivity contribution < 1.29 is 14.1 Å². The molecule has 0 aliphatic carbocycles. The molecule has 1 unspecified atom stereocenters. The summed E-state index contributed by atoms with van der Waals surface area (Å²) in [6.45, 7) is 4.07. The molecular formula is C17H19N5O3. The number of ether oxygens (including phenoxy) is 1. The van der Waals surface area contributed by atoms with Crippen molar-refractivity contribution in [2.75, 3.05) is 12.4 Å². The van der Waals surface area contributed by atoms with Crippen LogP contribution >= 0.6 is 0 Å². The third-order valence-corrected chi connectivity index (χ3v) is 3.94. The van der Waals surface area contributed by atoms with Crippen molar-refractivity contribution in [1.82, 2.24) is 20.3 Å². The first-order valence-electron chi connectivity index (χ1n) is 7.95. The molecule has 8 nitrogen and oxygen atoms in total. The molecule has 8 heteroatoms. The molecule has 0 spiro atoms. The molecule has 3 aromatic rings. The summed E-state index contributed by atoms with van der Waals surface area (Å²) in [5, 5.41) is 13.3. The number of H-pyrrole nitrogens is 1. The first-order valence-corrected chi connectivity index (χ1v) is 7.95. The summed E-state index contributed by atoms with van der Waals surface area (Å²) in [6, 6.07) is 8.97. The zero-order chi connectivity index (χ0) is 17.8. The highest BCUT2D eigenvalue weighted by atomic mass is 16.5. The van der Waals surface area contributed by atoms with Crippen molar-refractivity contribution in [1.29, 1.82) is 0 Å². The fourth-order valence-electron chi connectivity index (χ4n) is 2.20. The molecule has 0 fully saturated rings. The van der Waals surface area contributed by atoms with E-state index in [0.29, 0.717) is 5.82 Å². The Morgan fingerprint density at radius 2 is 2.12 bits per heavy atom. The van der Waals surface area contributed by atoms with Crippen molar-refractivity contribution in [3.05, 3.63) is 41.8 Å². The molecule has 0 saturated heterocycles. The van der Waals surface area contributed by atoms with E-state index in [4.69, 9.17) is 9.26 Å². The van der Waals surface area contributed by atoms with Crippen LogP contribution in [-0.4, -0.2) is 33.4 Å². The number of nitrogens with zero attached hydrogens (tertiary/aromatic N) is 3. The van der Waals surface area contributed by atoms with Crippen LogP contribution in [-0.2, 0) is 0 Å². The number of aromatic nitrogens is 4. The van der Waals surface area contributed by atoms with Gasteiger partial charge in [-0.05, 0) is 30.7 Å². The van der Waals surface area contributed by atoms with Crippen LogP contribution in [0.5, 0.6) is 5.75 Å². The Bertz CT molecular complexity index is 853. The highest BCUT2D eigenvalue weighted by molar-refractivity contribution is 6.01. The van der Waals surface area contributed by atoms with Gasteiger partial charge in [-0.1, -0.05) is 19.0 Å².